The molecule has 0 aliphatic rings. The van der Waals surface area contributed by atoms with Crippen molar-refractivity contribution in [2.45, 2.75) is 18.9 Å². The minimum Gasteiger partial charge on any atom is -0.480 e. The number of thioether (sulfide) groups is 1. The van der Waals surface area contributed by atoms with Crippen LogP contribution >= 0.6 is 11.8 Å². The third kappa shape index (κ3) is 5.82. The van der Waals surface area contributed by atoms with Gasteiger partial charge in [0.2, 0.25) is 5.91 Å². The van der Waals surface area contributed by atoms with Crippen LogP contribution in [0.5, 0.6) is 0 Å². The third-order valence-electron chi connectivity index (χ3n) is 2.73. The summed E-state index contributed by atoms with van der Waals surface area (Å²) < 4.78 is 0. The molecule has 7 nitrogen and oxygen atoms in total. The molecule has 1 aromatic carbocycles. The molecule has 21 heavy (non-hydrogen) atoms. The summed E-state index contributed by atoms with van der Waals surface area (Å²) >= 11 is 1.49. The molecule has 0 aliphatic heterocycles. The second-order valence-electron chi connectivity index (χ2n) is 4.34. The van der Waals surface area contributed by atoms with Crippen molar-refractivity contribution >= 4 is 29.3 Å². The van der Waals surface area contributed by atoms with E-state index >= 15 is 0 Å². The number of carbonyl (C=O) groups is 2. The average molecular weight is 312 g/mol. The molecule has 0 bridgehead atoms. The number of nitro benzene ring substituents is 1. The molecule has 0 aliphatic carbocycles. The van der Waals surface area contributed by atoms with Crippen molar-refractivity contribution in [1.29, 1.82) is 0 Å². The van der Waals surface area contributed by atoms with Crippen LogP contribution in [0.4, 0.5) is 5.69 Å². The van der Waals surface area contributed by atoms with Crippen molar-refractivity contribution in [3.8, 4) is 0 Å². The highest BCUT2D eigenvalue weighted by Gasteiger charge is 2.19. The average Bonchev–Trinajstić information content (AvgIpc) is 2.43. The summed E-state index contributed by atoms with van der Waals surface area (Å²) in [5.74, 6) is -0.936. The lowest BCUT2D eigenvalue weighted by Gasteiger charge is -2.13. The molecular weight excluding hydrogens is 296 g/mol. The molecule has 114 valence electrons. The number of nitrogens with one attached hydrogen (secondary N) is 1. The molecule has 2 N–H and O–H groups in total. The number of non-ortho nitro benzene ring substituents is 1. The highest BCUT2D eigenvalue weighted by molar-refractivity contribution is 7.98. The Labute approximate surface area is 125 Å². The van der Waals surface area contributed by atoms with Gasteiger partial charge in [-0.05, 0) is 24.0 Å². The predicted molar refractivity (Wildman–Crippen MR) is 79.4 cm³/mol. The van der Waals surface area contributed by atoms with Crippen molar-refractivity contribution in [1.82, 2.24) is 5.32 Å². The van der Waals surface area contributed by atoms with Crippen molar-refractivity contribution in [2.75, 3.05) is 12.0 Å². The number of aliphatic carboxylic acids is 1. The van der Waals surface area contributed by atoms with Gasteiger partial charge in [-0.15, -0.1) is 0 Å². The lowest BCUT2D eigenvalue weighted by molar-refractivity contribution is -0.384. The van der Waals surface area contributed by atoms with Gasteiger partial charge in [-0.1, -0.05) is 12.1 Å². The molecule has 0 spiro atoms. The van der Waals surface area contributed by atoms with Gasteiger partial charge in [0.25, 0.3) is 5.69 Å². The van der Waals surface area contributed by atoms with Crippen LogP contribution in [-0.2, 0) is 16.0 Å². The second-order valence-corrected chi connectivity index (χ2v) is 5.33. The molecule has 0 saturated heterocycles. The molecular formula is C13H16N2O5S. The van der Waals surface area contributed by atoms with Crippen LogP contribution in [0.25, 0.3) is 0 Å². The van der Waals surface area contributed by atoms with E-state index in [0.717, 1.165) is 0 Å². The first-order valence-corrected chi connectivity index (χ1v) is 7.58. The number of benzene rings is 1. The number of hydrogen-bond donors (Lipinski definition) is 2. The van der Waals surface area contributed by atoms with Crippen LogP contribution < -0.4 is 5.32 Å². The Balaban J connectivity index is 2.65. The van der Waals surface area contributed by atoms with E-state index in [-0.39, 0.29) is 12.1 Å². The van der Waals surface area contributed by atoms with Crippen molar-refractivity contribution in [3.05, 3.63) is 39.9 Å². The lowest BCUT2D eigenvalue weighted by atomic mass is 10.1. The van der Waals surface area contributed by atoms with Gasteiger partial charge in [-0.25, -0.2) is 4.79 Å². The Morgan fingerprint density at radius 3 is 2.76 bits per heavy atom. The zero-order valence-electron chi connectivity index (χ0n) is 11.4. The minimum atomic E-state index is -1.09. The first-order chi connectivity index (χ1) is 9.93. The summed E-state index contributed by atoms with van der Waals surface area (Å²) in [6, 6.07) is 4.77. The second kappa shape index (κ2) is 8.25. The molecule has 8 heteroatoms. The van der Waals surface area contributed by atoms with E-state index in [1.807, 2.05) is 6.26 Å². The van der Waals surface area contributed by atoms with Crippen molar-refractivity contribution < 1.29 is 19.6 Å². The van der Waals surface area contributed by atoms with E-state index in [1.54, 1.807) is 6.07 Å². The summed E-state index contributed by atoms with van der Waals surface area (Å²) in [6.45, 7) is 0. The monoisotopic (exact) mass is 312 g/mol. The molecule has 0 saturated carbocycles. The van der Waals surface area contributed by atoms with Crippen molar-refractivity contribution in [2.24, 2.45) is 0 Å². The van der Waals surface area contributed by atoms with E-state index in [0.29, 0.717) is 17.7 Å². The predicted octanol–water partition coefficient (Wildman–Crippen LogP) is 1.46. The number of nitro groups is 1. The lowest BCUT2D eigenvalue weighted by Crippen LogP contribution is -2.41. The van der Waals surface area contributed by atoms with Crippen LogP contribution in [0.15, 0.2) is 24.3 Å². The fourth-order valence-electron chi connectivity index (χ4n) is 1.70. The third-order valence-corrected chi connectivity index (χ3v) is 3.37. The van der Waals surface area contributed by atoms with Gasteiger partial charge in [0.05, 0.1) is 11.3 Å². The Kier molecular flexibility index (Phi) is 6.67. The van der Waals surface area contributed by atoms with Gasteiger partial charge >= 0.3 is 5.97 Å². The van der Waals surface area contributed by atoms with E-state index < -0.39 is 22.8 Å². The highest BCUT2D eigenvalue weighted by Crippen LogP contribution is 2.13. The quantitative estimate of drug-likeness (QED) is 0.555. The summed E-state index contributed by atoms with van der Waals surface area (Å²) in [4.78, 5) is 33.0. The molecule has 0 radical (unpaired) electrons. The van der Waals surface area contributed by atoms with E-state index in [9.17, 15) is 19.7 Å². The maximum Gasteiger partial charge on any atom is 0.326 e. The fraction of sp³-hybridized carbons (Fsp3) is 0.385. The molecule has 1 aromatic rings. The summed E-state index contributed by atoms with van der Waals surface area (Å²) in [5.41, 5.74) is 0.369. The molecule has 0 fully saturated rings. The highest BCUT2D eigenvalue weighted by atomic mass is 32.2. The Morgan fingerprint density at radius 2 is 2.19 bits per heavy atom. The molecule has 0 aromatic heterocycles. The maximum atomic E-state index is 11.8. The normalized spacial score (nSPS) is 11.7. The van der Waals surface area contributed by atoms with Gasteiger partial charge < -0.3 is 10.4 Å². The smallest absolute Gasteiger partial charge is 0.326 e. The van der Waals surface area contributed by atoms with Crippen LogP contribution in [0.3, 0.4) is 0 Å². The van der Waals surface area contributed by atoms with Gasteiger partial charge in [0.15, 0.2) is 0 Å². The van der Waals surface area contributed by atoms with Gasteiger partial charge in [0, 0.05) is 12.1 Å². The number of nitrogens with zero attached hydrogens (tertiary/aromatic N) is 1. The first kappa shape index (κ1) is 17.0. The maximum absolute atomic E-state index is 11.8. The number of carbonyl (C=O) groups excluding carboxylic acids is 1. The van der Waals surface area contributed by atoms with Gasteiger partial charge in [0.1, 0.15) is 6.04 Å². The van der Waals surface area contributed by atoms with E-state index in [1.165, 1.54) is 30.0 Å². The summed E-state index contributed by atoms with van der Waals surface area (Å²) in [7, 11) is 0. The molecule has 1 unspecified atom stereocenters. The molecule has 1 atom stereocenters. The topological polar surface area (TPSA) is 110 Å². The van der Waals surface area contributed by atoms with E-state index in [2.05, 4.69) is 5.32 Å². The number of carboxylic acids is 1. The van der Waals surface area contributed by atoms with Gasteiger partial charge in [-0.2, -0.15) is 11.8 Å². The van der Waals surface area contributed by atoms with Crippen LogP contribution in [0.1, 0.15) is 12.0 Å². The first-order valence-electron chi connectivity index (χ1n) is 6.18. The van der Waals surface area contributed by atoms with Gasteiger partial charge in [-0.3, -0.25) is 14.9 Å². The Bertz CT molecular complexity index is 535. The van der Waals surface area contributed by atoms with E-state index in [4.69, 9.17) is 5.11 Å². The number of rotatable bonds is 8. The number of hydrogen-bond acceptors (Lipinski definition) is 5. The molecule has 1 amide bonds. The summed E-state index contributed by atoms with van der Waals surface area (Å²) in [5, 5.41) is 22.1. The Hall–Kier alpha value is -2.09. The van der Waals surface area contributed by atoms with Crippen LogP contribution in [0.2, 0.25) is 0 Å². The SMILES string of the molecule is CSCCC(NC(=O)Cc1cccc([N+](=O)[O-])c1)C(=O)O. The van der Waals surface area contributed by atoms with Crippen LogP contribution in [-0.4, -0.2) is 40.0 Å². The van der Waals surface area contributed by atoms with Crippen molar-refractivity contribution in [3.63, 3.8) is 0 Å². The summed E-state index contributed by atoms with van der Waals surface area (Å²) in [6.07, 6.45) is 2.09. The zero-order chi connectivity index (χ0) is 15.8. The number of carboxylic acid groups (broad SMARTS) is 1. The van der Waals surface area contributed by atoms with Crippen LogP contribution in [0, 0.1) is 10.1 Å². The largest absolute Gasteiger partial charge is 0.480 e. The molecule has 1 rings (SSSR count). The minimum absolute atomic E-state index is 0.0925. The molecule has 0 heterocycles. The number of amides is 1. The fourth-order valence-corrected chi connectivity index (χ4v) is 2.18. The zero-order valence-corrected chi connectivity index (χ0v) is 12.3. The standard InChI is InChI=1S/C13H16N2O5S/c1-21-6-5-11(13(17)18)14-12(16)8-9-3-2-4-10(7-9)15(19)20/h2-4,7,11H,5-6,8H2,1H3,(H,14,16)(H,17,18). The Morgan fingerprint density at radius 1 is 1.48 bits per heavy atom.